The van der Waals surface area contributed by atoms with Crippen LogP contribution >= 0.6 is 0 Å². The number of para-hydroxylation sites is 1. The third-order valence-electron chi connectivity index (χ3n) is 3.42. The highest BCUT2D eigenvalue weighted by molar-refractivity contribution is 5.52. The van der Waals surface area contributed by atoms with Crippen molar-refractivity contribution in [2.75, 3.05) is 0 Å². The number of hydrogen-bond donors (Lipinski definition) is 2. The van der Waals surface area contributed by atoms with E-state index in [0.717, 1.165) is 11.3 Å². The molecule has 0 aliphatic rings. The standard InChI is InChI=1S/C15H15N3O3/c1-9-14(19)16-13-12(10(2)17-18(13)15(9)20)8-21-11-6-4-3-5-7-11/h3-7,20H,8H2,1-2H3,(H,16,19). The van der Waals surface area contributed by atoms with E-state index in [1.807, 2.05) is 37.3 Å². The van der Waals surface area contributed by atoms with Crippen LogP contribution < -0.4 is 10.3 Å². The first-order valence-corrected chi connectivity index (χ1v) is 6.56. The van der Waals surface area contributed by atoms with E-state index in [9.17, 15) is 9.90 Å². The highest BCUT2D eigenvalue weighted by Gasteiger charge is 2.16. The van der Waals surface area contributed by atoms with Gasteiger partial charge in [-0.25, -0.2) is 0 Å². The predicted octanol–water partition coefficient (Wildman–Crippen LogP) is 1.92. The summed E-state index contributed by atoms with van der Waals surface area (Å²) in [5.41, 5.74) is 1.80. The fourth-order valence-corrected chi connectivity index (χ4v) is 2.15. The van der Waals surface area contributed by atoms with E-state index < -0.39 is 0 Å². The van der Waals surface area contributed by atoms with Gasteiger partial charge in [0.15, 0.2) is 0 Å². The minimum Gasteiger partial charge on any atom is -0.493 e. The van der Waals surface area contributed by atoms with Crippen molar-refractivity contribution in [1.82, 2.24) is 14.6 Å². The summed E-state index contributed by atoms with van der Waals surface area (Å²) in [5.74, 6) is 0.581. The van der Waals surface area contributed by atoms with Crippen LogP contribution in [-0.4, -0.2) is 19.7 Å². The van der Waals surface area contributed by atoms with E-state index in [0.29, 0.717) is 11.3 Å². The molecule has 0 spiro atoms. The molecule has 0 atom stereocenters. The zero-order chi connectivity index (χ0) is 15.0. The monoisotopic (exact) mass is 285 g/mol. The number of aromatic hydroxyl groups is 1. The molecule has 0 radical (unpaired) electrons. The first-order valence-electron chi connectivity index (χ1n) is 6.56. The SMILES string of the molecule is Cc1nn2c(O)c(C)c(=O)[nH]c2c1COc1ccccc1. The Morgan fingerprint density at radius 1 is 1.29 bits per heavy atom. The van der Waals surface area contributed by atoms with E-state index in [-0.39, 0.29) is 23.6 Å². The molecule has 0 bridgehead atoms. The Hall–Kier alpha value is -2.76. The lowest BCUT2D eigenvalue weighted by atomic mass is 10.2. The van der Waals surface area contributed by atoms with Crippen LogP contribution in [0, 0.1) is 13.8 Å². The van der Waals surface area contributed by atoms with Crippen LogP contribution in [0.1, 0.15) is 16.8 Å². The molecular weight excluding hydrogens is 270 g/mol. The van der Waals surface area contributed by atoms with Crippen LogP contribution in [0.2, 0.25) is 0 Å². The molecule has 0 aliphatic heterocycles. The molecule has 0 saturated heterocycles. The minimum atomic E-state index is -0.333. The summed E-state index contributed by atoms with van der Waals surface area (Å²) < 4.78 is 7.02. The van der Waals surface area contributed by atoms with Gasteiger partial charge in [-0.1, -0.05) is 18.2 Å². The van der Waals surface area contributed by atoms with Crippen LogP contribution in [0.25, 0.3) is 5.65 Å². The Balaban J connectivity index is 2.03. The van der Waals surface area contributed by atoms with Crippen LogP contribution in [0.4, 0.5) is 0 Å². The number of hydrogen-bond acceptors (Lipinski definition) is 4. The molecule has 2 heterocycles. The molecule has 3 rings (SSSR count). The number of H-pyrrole nitrogens is 1. The summed E-state index contributed by atoms with van der Waals surface area (Å²) in [5, 5.41) is 14.2. The van der Waals surface area contributed by atoms with Gasteiger partial charge in [-0.05, 0) is 26.0 Å². The lowest BCUT2D eigenvalue weighted by molar-refractivity contribution is 0.306. The Morgan fingerprint density at radius 3 is 2.71 bits per heavy atom. The van der Waals surface area contributed by atoms with Crippen molar-refractivity contribution >= 4 is 5.65 Å². The average molecular weight is 285 g/mol. The topological polar surface area (TPSA) is 79.6 Å². The first kappa shape index (κ1) is 13.2. The van der Waals surface area contributed by atoms with Crippen molar-refractivity contribution in [1.29, 1.82) is 0 Å². The highest BCUT2D eigenvalue weighted by atomic mass is 16.5. The molecule has 0 unspecified atom stereocenters. The van der Waals surface area contributed by atoms with Gasteiger partial charge in [0.2, 0.25) is 5.88 Å². The smallest absolute Gasteiger partial charge is 0.257 e. The molecule has 108 valence electrons. The second-order valence-electron chi connectivity index (χ2n) is 4.83. The van der Waals surface area contributed by atoms with Crippen LogP contribution in [0.5, 0.6) is 11.6 Å². The number of nitrogens with zero attached hydrogens (tertiary/aromatic N) is 2. The average Bonchev–Trinajstić information content (AvgIpc) is 2.80. The summed E-state index contributed by atoms with van der Waals surface area (Å²) >= 11 is 0. The molecule has 6 heteroatoms. The number of ether oxygens (including phenoxy) is 1. The zero-order valence-corrected chi connectivity index (χ0v) is 11.8. The molecule has 0 saturated carbocycles. The first-order chi connectivity index (χ1) is 10.1. The van der Waals surface area contributed by atoms with Crippen LogP contribution in [0.15, 0.2) is 35.1 Å². The van der Waals surface area contributed by atoms with Gasteiger partial charge >= 0.3 is 0 Å². The van der Waals surface area contributed by atoms with Crippen molar-refractivity contribution in [3.05, 3.63) is 57.5 Å². The second-order valence-corrected chi connectivity index (χ2v) is 4.83. The summed E-state index contributed by atoms with van der Waals surface area (Å²) in [4.78, 5) is 14.5. The molecular formula is C15H15N3O3. The largest absolute Gasteiger partial charge is 0.493 e. The molecule has 21 heavy (non-hydrogen) atoms. The van der Waals surface area contributed by atoms with Crippen molar-refractivity contribution in [2.24, 2.45) is 0 Å². The Bertz CT molecular complexity index is 850. The molecule has 2 aromatic heterocycles. The van der Waals surface area contributed by atoms with E-state index in [1.165, 1.54) is 4.52 Å². The Kier molecular flexibility index (Phi) is 3.13. The van der Waals surface area contributed by atoms with Gasteiger partial charge in [0.1, 0.15) is 18.0 Å². The van der Waals surface area contributed by atoms with Crippen molar-refractivity contribution in [3.63, 3.8) is 0 Å². The quantitative estimate of drug-likeness (QED) is 0.770. The summed E-state index contributed by atoms with van der Waals surface area (Å²) in [6.45, 7) is 3.62. The predicted molar refractivity (Wildman–Crippen MR) is 77.7 cm³/mol. The zero-order valence-electron chi connectivity index (χ0n) is 11.8. The van der Waals surface area contributed by atoms with E-state index in [2.05, 4.69) is 10.1 Å². The third kappa shape index (κ3) is 2.24. The van der Waals surface area contributed by atoms with Crippen molar-refractivity contribution in [2.45, 2.75) is 20.5 Å². The number of aryl methyl sites for hydroxylation is 1. The van der Waals surface area contributed by atoms with E-state index >= 15 is 0 Å². The normalized spacial score (nSPS) is 11.0. The minimum absolute atomic E-state index is 0.150. The maximum atomic E-state index is 11.8. The lowest BCUT2D eigenvalue weighted by Crippen LogP contribution is -2.13. The van der Waals surface area contributed by atoms with Crippen LogP contribution in [0.3, 0.4) is 0 Å². The van der Waals surface area contributed by atoms with Gasteiger partial charge in [-0.15, -0.1) is 0 Å². The molecule has 2 N–H and O–H groups in total. The van der Waals surface area contributed by atoms with Gasteiger partial charge < -0.3 is 14.8 Å². The highest BCUT2D eigenvalue weighted by Crippen LogP contribution is 2.20. The fraction of sp³-hybridized carbons (Fsp3) is 0.200. The van der Waals surface area contributed by atoms with Crippen molar-refractivity contribution in [3.8, 4) is 11.6 Å². The molecule has 1 aromatic carbocycles. The summed E-state index contributed by atoms with van der Waals surface area (Å²) in [6, 6.07) is 9.38. The van der Waals surface area contributed by atoms with Gasteiger partial charge in [0.25, 0.3) is 5.56 Å². The molecule has 3 aromatic rings. The molecule has 0 fully saturated rings. The lowest BCUT2D eigenvalue weighted by Gasteiger charge is -2.06. The number of rotatable bonds is 3. The Morgan fingerprint density at radius 2 is 2.00 bits per heavy atom. The van der Waals surface area contributed by atoms with Gasteiger partial charge in [0, 0.05) is 0 Å². The fourth-order valence-electron chi connectivity index (χ4n) is 2.15. The maximum Gasteiger partial charge on any atom is 0.257 e. The Labute approximate surface area is 120 Å². The number of aromatic nitrogens is 3. The van der Waals surface area contributed by atoms with Gasteiger partial charge in [0.05, 0.1) is 16.8 Å². The van der Waals surface area contributed by atoms with Gasteiger partial charge in [-0.2, -0.15) is 9.61 Å². The number of nitrogens with one attached hydrogen (secondary N) is 1. The van der Waals surface area contributed by atoms with Crippen LogP contribution in [-0.2, 0) is 6.61 Å². The van der Waals surface area contributed by atoms with E-state index in [1.54, 1.807) is 6.92 Å². The summed E-state index contributed by atoms with van der Waals surface area (Å²) in [6.07, 6.45) is 0. The molecule has 6 nitrogen and oxygen atoms in total. The number of benzene rings is 1. The van der Waals surface area contributed by atoms with Crippen molar-refractivity contribution < 1.29 is 9.84 Å². The second kappa shape index (κ2) is 4.97. The van der Waals surface area contributed by atoms with Gasteiger partial charge in [-0.3, -0.25) is 4.79 Å². The number of aromatic amines is 1. The van der Waals surface area contributed by atoms with E-state index in [4.69, 9.17) is 4.74 Å². The number of fused-ring (bicyclic) bond motifs is 1. The maximum absolute atomic E-state index is 11.8. The molecule has 0 amide bonds. The summed E-state index contributed by atoms with van der Waals surface area (Å²) in [7, 11) is 0. The molecule has 0 aliphatic carbocycles. The third-order valence-corrected chi connectivity index (χ3v) is 3.42.